The van der Waals surface area contributed by atoms with Crippen molar-refractivity contribution in [2.75, 3.05) is 13.1 Å². The smallest absolute Gasteiger partial charge is 0.326 e. The van der Waals surface area contributed by atoms with Crippen LogP contribution in [0, 0.1) is 0 Å². The van der Waals surface area contributed by atoms with Crippen LogP contribution >= 0.6 is 0 Å². The summed E-state index contributed by atoms with van der Waals surface area (Å²) >= 11 is 0. The fraction of sp³-hybridized carbons (Fsp3) is 0.433. The number of hydrogen-bond donors (Lipinski definition) is 5. The summed E-state index contributed by atoms with van der Waals surface area (Å²) in [6.07, 6.45) is 3.57. The van der Waals surface area contributed by atoms with Crippen LogP contribution in [0.2, 0.25) is 0 Å². The first kappa shape index (κ1) is 31.1. The lowest BCUT2D eigenvalue weighted by Crippen LogP contribution is -2.56. The molecule has 41 heavy (non-hydrogen) atoms. The number of carbonyl (C=O) groups excluding carboxylic acids is 3. The van der Waals surface area contributed by atoms with Gasteiger partial charge in [0.1, 0.15) is 18.1 Å². The molecule has 1 heterocycles. The molecular formula is C30H40N6O5. The lowest BCUT2D eigenvalue weighted by Gasteiger charge is -2.27. The Bertz CT molecular complexity index is 1190. The van der Waals surface area contributed by atoms with Crippen LogP contribution in [0.15, 0.2) is 65.7 Å². The van der Waals surface area contributed by atoms with Crippen molar-refractivity contribution in [2.24, 2.45) is 16.5 Å². The Labute approximate surface area is 240 Å². The second-order valence-electron chi connectivity index (χ2n) is 10.2. The molecule has 2 aromatic rings. The highest BCUT2D eigenvalue weighted by atomic mass is 16.4. The number of nitrogens with two attached hydrogens (primary N) is 2. The molecule has 1 aliphatic heterocycles. The zero-order chi connectivity index (χ0) is 29.6. The van der Waals surface area contributed by atoms with Crippen molar-refractivity contribution in [2.45, 2.75) is 69.5 Å². The zero-order valence-electron chi connectivity index (χ0n) is 23.2. The largest absolute Gasteiger partial charge is 0.480 e. The maximum absolute atomic E-state index is 13.4. The van der Waals surface area contributed by atoms with Crippen molar-refractivity contribution in [3.8, 4) is 0 Å². The highest BCUT2D eigenvalue weighted by Gasteiger charge is 2.36. The number of aryl methyl sites for hydroxylation is 1. The first-order valence-electron chi connectivity index (χ1n) is 14.0. The number of carboxylic acid groups (broad SMARTS) is 1. The van der Waals surface area contributed by atoms with E-state index in [1.807, 2.05) is 60.7 Å². The van der Waals surface area contributed by atoms with Crippen LogP contribution in [0.5, 0.6) is 0 Å². The number of aliphatic imine (C=N–C) groups is 1. The summed E-state index contributed by atoms with van der Waals surface area (Å²) in [5, 5.41) is 15.0. The average Bonchev–Trinajstić information content (AvgIpc) is 3.45. The lowest BCUT2D eigenvalue weighted by atomic mass is 10.0. The van der Waals surface area contributed by atoms with E-state index >= 15 is 0 Å². The minimum atomic E-state index is -1.20. The molecule has 1 fully saturated rings. The Morgan fingerprint density at radius 3 is 2.22 bits per heavy atom. The third-order valence-corrected chi connectivity index (χ3v) is 7.05. The van der Waals surface area contributed by atoms with E-state index in [0.29, 0.717) is 38.6 Å². The Kier molecular flexibility index (Phi) is 12.1. The van der Waals surface area contributed by atoms with Gasteiger partial charge in [-0.3, -0.25) is 19.4 Å². The van der Waals surface area contributed by atoms with Gasteiger partial charge in [-0.1, -0.05) is 60.7 Å². The van der Waals surface area contributed by atoms with Crippen molar-refractivity contribution in [3.05, 3.63) is 71.8 Å². The van der Waals surface area contributed by atoms with E-state index < -0.39 is 35.9 Å². The summed E-state index contributed by atoms with van der Waals surface area (Å²) in [4.78, 5) is 57.0. The molecule has 0 bridgehead atoms. The number of aliphatic carboxylic acids is 1. The fourth-order valence-corrected chi connectivity index (χ4v) is 4.93. The maximum atomic E-state index is 13.4. The molecule has 0 radical (unpaired) electrons. The van der Waals surface area contributed by atoms with Crippen molar-refractivity contribution in [3.63, 3.8) is 0 Å². The van der Waals surface area contributed by atoms with Crippen LogP contribution in [0.25, 0.3) is 0 Å². The second kappa shape index (κ2) is 16.0. The number of rotatable bonds is 15. The number of likely N-dealkylation sites (tertiary alicyclic amines) is 1. The van der Waals surface area contributed by atoms with Gasteiger partial charge in [-0.25, -0.2) is 4.79 Å². The van der Waals surface area contributed by atoms with E-state index in [-0.39, 0.29) is 31.3 Å². The number of carboxylic acids is 1. The highest BCUT2D eigenvalue weighted by molar-refractivity contribution is 5.93. The molecule has 11 heteroatoms. The van der Waals surface area contributed by atoms with Gasteiger partial charge in [0.15, 0.2) is 5.96 Å². The van der Waals surface area contributed by atoms with Crippen LogP contribution < -0.4 is 22.1 Å². The number of benzene rings is 2. The molecule has 1 aliphatic rings. The fourth-order valence-electron chi connectivity index (χ4n) is 4.93. The summed E-state index contributed by atoms with van der Waals surface area (Å²) in [7, 11) is 0. The Morgan fingerprint density at radius 1 is 0.927 bits per heavy atom. The molecule has 1 saturated heterocycles. The van der Waals surface area contributed by atoms with Gasteiger partial charge in [-0.2, -0.15) is 0 Å². The van der Waals surface area contributed by atoms with E-state index in [1.54, 1.807) is 4.90 Å². The predicted molar refractivity (Wildman–Crippen MR) is 156 cm³/mol. The van der Waals surface area contributed by atoms with Crippen LogP contribution in [-0.4, -0.2) is 70.9 Å². The van der Waals surface area contributed by atoms with Gasteiger partial charge in [0.25, 0.3) is 0 Å². The van der Waals surface area contributed by atoms with E-state index in [9.17, 15) is 24.3 Å². The van der Waals surface area contributed by atoms with Crippen molar-refractivity contribution in [1.82, 2.24) is 15.5 Å². The van der Waals surface area contributed by atoms with Crippen molar-refractivity contribution >= 4 is 29.7 Å². The van der Waals surface area contributed by atoms with E-state index in [4.69, 9.17) is 11.5 Å². The minimum absolute atomic E-state index is 0.0886. The number of carbonyl (C=O) groups is 4. The van der Waals surface area contributed by atoms with Gasteiger partial charge in [0, 0.05) is 25.9 Å². The van der Waals surface area contributed by atoms with Crippen LogP contribution in [0.4, 0.5) is 0 Å². The summed E-state index contributed by atoms with van der Waals surface area (Å²) in [6.45, 7) is 0.706. The first-order chi connectivity index (χ1) is 19.7. The molecule has 220 valence electrons. The number of hydrogen-bond acceptors (Lipinski definition) is 5. The van der Waals surface area contributed by atoms with Crippen molar-refractivity contribution in [1.29, 1.82) is 0 Å². The van der Waals surface area contributed by atoms with Crippen molar-refractivity contribution < 1.29 is 24.3 Å². The first-order valence-corrected chi connectivity index (χ1v) is 14.0. The van der Waals surface area contributed by atoms with Gasteiger partial charge < -0.3 is 32.1 Å². The maximum Gasteiger partial charge on any atom is 0.326 e. The standard InChI is InChI=1S/C30H40N6O5/c31-30(32)33-18-8-15-23(29(40)41)34-27(38)24(20-22-12-5-2-6-13-22)35-28(39)25-16-9-19-36(25)26(37)17-7-14-21-10-3-1-4-11-21/h1-6,10-13,23-25H,7-9,14-20H2,(H,34,38)(H,35,39)(H,40,41)(H4,31,32,33)/t23-,24-,25-/m0/s1. The van der Waals surface area contributed by atoms with E-state index in [1.165, 1.54) is 0 Å². The molecule has 7 N–H and O–H groups in total. The van der Waals surface area contributed by atoms with Gasteiger partial charge in [-0.15, -0.1) is 0 Å². The predicted octanol–water partition coefficient (Wildman–Crippen LogP) is 1.35. The molecule has 3 amide bonds. The normalized spacial score (nSPS) is 15.9. The third-order valence-electron chi connectivity index (χ3n) is 7.05. The molecule has 3 rings (SSSR count). The zero-order valence-corrected chi connectivity index (χ0v) is 23.2. The summed E-state index contributed by atoms with van der Waals surface area (Å²) in [5.41, 5.74) is 12.6. The molecule has 11 nitrogen and oxygen atoms in total. The molecule has 0 unspecified atom stereocenters. The number of amides is 3. The summed E-state index contributed by atoms with van der Waals surface area (Å²) in [5.74, 6) is -2.42. The van der Waals surface area contributed by atoms with E-state index in [0.717, 1.165) is 17.5 Å². The van der Waals surface area contributed by atoms with Crippen LogP contribution in [0.3, 0.4) is 0 Å². The average molecular weight is 565 g/mol. The SMILES string of the molecule is NC(N)=NCCC[C@H](NC(=O)[C@H](Cc1ccccc1)NC(=O)[C@@H]1CCCN1C(=O)CCCc1ccccc1)C(=O)O. The lowest BCUT2D eigenvalue weighted by molar-refractivity contribution is -0.143. The van der Waals surface area contributed by atoms with Crippen LogP contribution in [-0.2, 0) is 32.0 Å². The molecule has 0 saturated carbocycles. The topological polar surface area (TPSA) is 180 Å². The molecule has 0 aromatic heterocycles. The van der Waals surface area contributed by atoms with Gasteiger partial charge in [-0.05, 0) is 49.7 Å². The molecule has 0 aliphatic carbocycles. The number of guanidine groups is 1. The van der Waals surface area contributed by atoms with Gasteiger partial charge in [0.2, 0.25) is 17.7 Å². The molecule has 3 atom stereocenters. The monoisotopic (exact) mass is 564 g/mol. The quantitative estimate of drug-likeness (QED) is 0.123. The molecule has 2 aromatic carbocycles. The summed E-state index contributed by atoms with van der Waals surface area (Å²) in [6, 6.07) is 16.2. The number of nitrogens with one attached hydrogen (secondary N) is 2. The minimum Gasteiger partial charge on any atom is -0.480 e. The van der Waals surface area contributed by atoms with Gasteiger partial charge >= 0.3 is 5.97 Å². The summed E-state index contributed by atoms with van der Waals surface area (Å²) < 4.78 is 0. The van der Waals surface area contributed by atoms with Crippen LogP contribution in [0.1, 0.15) is 49.7 Å². The Morgan fingerprint density at radius 2 is 1.59 bits per heavy atom. The highest BCUT2D eigenvalue weighted by Crippen LogP contribution is 2.20. The molecular weight excluding hydrogens is 524 g/mol. The van der Waals surface area contributed by atoms with Gasteiger partial charge in [0.05, 0.1) is 0 Å². The second-order valence-corrected chi connectivity index (χ2v) is 10.2. The Balaban J connectivity index is 1.64. The number of nitrogens with zero attached hydrogens (tertiary/aromatic N) is 2. The molecule has 0 spiro atoms. The third kappa shape index (κ3) is 10.3. The van der Waals surface area contributed by atoms with E-state index in [2.05, 4.69) is 15.6 Å². The Hall–Kier alpha value is -4.41.